The molecule has 4 aromatic rings. The van der Waals surface area contributed by atoms with Crippen LogP contribution in [0, 0.1) is 0 Å². The summed E-state index contributed by atoms with van der Waals surface area (Å²) in [5.74, 6) is 0.338. The van der Waals surface area contributed by atoms with E-state index < -0.39 is 0 Å². The van der Waals surface area contributed by atoms with Crippen LogP contribution in [0.5, 0.6) is 11.5 Å². The van der Waals surface area contributed by atoms with Crippen LogP contribution in [0.2, 0.25) is 0 Å². The van der Waals surface area contributed by atoms with Crippen LogP contribution in [0.1, 0.15) is 0 Å². The molecule has 0 radical (unpaired) electrons. The van der Waals surface area contributed by atoms with Crippen molar-refractivity contribution in [2.75, 3.05) is 0 Å². The van der Waals surface area contributed by atoms with Crippen LogP contribution in [0.15, 0.2) is 83.3 Å². The van der Waals surface area contributed by atoms with E-state index in [4.69, 9.17) is 4.42 Å². The summed E-state index contributed by atoms with van der Waals surface area (Å²) in [4.78, 5) is 0. The Bertz CT molecular complexity index is 1020. The van der Waals surface area contributed by atoms with E-state index >= 15 is 0 Å². The van der Waals surface area contributed by atoms with Crippen LogP contribution in [0.3, 0.4) is 0 Å². The molecule has 3 aromatic carbocycles. The van der Waals surface area contributed by atoms with Gasteiger partial charge in [-0.2, -0.15) is 0 Å². The molecule has 4 heteroatoms. The van der Waals surface area contributed by atoms with Crippen molar-refractivity contribution in [3.05, 3.63) is 78.9 Å². The number of hydrogen-bond acceptors (Lipinski definition) is 2. The first-order chi connectivity index (χ1) is 11.7. The maximum Gasteiger partial charge on any atom is 0.365 e. The fourth-order valence-electron chi connectivity index (χ4n) is 2.81. The molecule has 0 saturated heterocycles. The third-order valence-corrected chi connectivity index (χ3v) is 4.01. The SMILES string of the molecule is Oc1cc2[o+]c(-c3ccccc3)cc(-c3ccccc3)c2cc1O.[Cl-]. The molecule has 0 bridgehead atoms. The fourth-order valence-corrected chi connectivity index (χ4v) is 2.81. The lowest BCUT2D eigenvalue weighted by molar-refractivity contribution is -0.00000691. The van der Waals surface area contributed by atoms with Crippen LogP contribution in [-0.4, -0.2) is 10.2 Å². The van der Waals surface area contributed by atoms with Gasteiger partial charge in [0.05, 0.1) is 23.1 Å². The minimum atomic E-state index is -0.199. The summed E-state index contributed by atoms with van der Waals surface area (Å²) in [6, 6.07) is 24.6. The Morgan fingerprint density at radius 1 is 0.640 bits per heavy atom. The molecule has 0 unspecified atom stereocenters. The molecule has 0 amide bonds. The van der Waals surface area contributed by atoms with Crippen molar-refractivity contribution in [3.63, 3.8) is 0 Å². The van der Waals surface area contributed by atoms with Gasteiger partial charge in [0.15, 0.2) is 11.5 Å². The molecular weight excluding hydrogens is 336 g/mol. The molecule has 1 heterocycles. The Hall–Kier alpha value is -3.04. The summed E-state index contributed by atoms with van der Waals surface area (Å²) in [6.07, 6.45) is 0. The number of halogens is 1. The fraction of sp³-hybridized carbons (Fsp3) is 0. The van der Waals surface area contributed by atoms with E-state index in [9.17, 15) is 10.2 Å². The Kier molecular flexibility index (Phi) is 4.59. The molecule has 0 spiro atoms. The van der Waals surface area contributed by atoms with Crippen LogP contribution in [-0.2, 0) is 0 Å². The maximum atomic E-state index is 9.88. The third-order valence-electron chi connectivity index (χ3n) is 4.01. The van der Waals surface area contributed by atoms with Gasteiger partial charge in [-0.25, -0.2) is 4.42 Å². The molecule has 3 nitrogen and oxygen atoms in total. The molecule has 0 aliphatic carbocycles. The monoisotopic (exact) mass is 350 g/mol. The second-order valence-electron chi connectivity index (χ2n) is 5.59. The van der Waals surface area contributed by atoms with Gasteiger partial charge in [-0.05, 0) is 17.7 Å². The zero-order chi connectivity index (χ0) is 16.5. The highest BCUT2D eigenvalue weighted by Gasteiger charge is 2.21. The number of hydrogen-bond donors (Lipinski definition) is 2. The molecule has 0 saturated carbocycles. The van der Waals surface area contributed by atoms with Crippen LogP contribution < -0.4 is 12.4 Å². The Balaban J connectivity index is 0.00000182. The van der Waals surface area contributed by atoms with E-state index in [1.54, 1.807) is 0 Å². The highest BCUT2D eigenvalue weighted by atomic mass is 35.5. The van der Waals surface area contributed by atoms with Crippen molar-refractivity contribution in [1.82, 2.24) is 0 Å². The van der Waals surface area contributed by atoms with Gasteiger partial charge < -0.3 is 22.6 Å². The Morgan fingerprint density at radius 3 is 1.84 bits per heavy atom. The van der Waals surface area contributed by atoms with Gasteiger partial charge in [0.2, 0.25) is 0 Å². The minimum absolute atomic E-state index is 0. The van der Waals surface area contributed by atoms with E-state index in [0.29, 0.717) is 11.3 Å². The molecule has 0 aliphatic rings. The lowest BCUT2D eigenvalue weighted by atomic mass is 9.99. The largest absolute Gasteiger partial charge is 1.00 e. The van der Waals surface area contributed by atoms with Crippen molar-refractivity contribution in [3.8, 4) is 33.9 Å². The summed E-state index contributed by atoms with van der Waals surface area (Å²) in [6.45, 7) is 0. The smallest absolute Gasteiger partial charge is 0.365 e. The molecule has 25 heavy (non-hydrogen) atoms. The predicted octanol–water partition coefficient (Wildman–Crippen LogP) is 2.46. The molecular formula is C21H15ClO3. The zero-order valence-electron chi connectivity index (χ0n) is 13.2. The summed E-state index contributed by atoms with van der Waals surface area (Å²) < 4.78 is 5.97. The number of rotatable bonds is 2. The molecule has 0 fully saturated rings. The average Bonchev–Trinajstić information content (AvgIpc) is 2.63. The van der Waals surface area contributed by atoms with Crippen molar-refractivity contribution in [2.45, 2.75) is 0 Å². The van der Waals surface area contributed by atoms with Crippen LogP contribution in [0.25, 0.3) is 33.4 Å². The van der Waals surface area contributed by atoms with Gasteiger partial charge in [-0.1, -0.05) is 48.5 Å². The van der Waals surface area contributed by atoms with E-state index in [-0.39, 0.29) is 23.9 Å². The first-order valence-electron chi connectivity index (χ1n) is 7.66. The molecule has 2 N–H and O–H groups in total. The maximum absolute atomic E-state index is 9.88. The quantitative estimate of drug-likeness (QED) is 0.431. The summed E-state index contributed by atoms with van der Waals surface area (Å²) >= 11 is 0. The highest BCUT2D eigenvalue weighted by Crippen LogP contribution is 2.38. The first-order valence-corrected chi connectivity index (χ1v) is 7.66. The van der Waals surface area contributed by atoms with Gasteiger partial charge in [0, 0.05) is 11.6 Å². The molecule has 0 aliphatic heterocycles. The molecule has 4 rings (SSSR count). The average molecular weight is 351 g/mol. The normalized spacial score (nSPS) is 10.4. The Morgan fingerprint density at radius 2 is 1.20 bits per heavy atom. The Labute approximate surface area is 151 Å². The van der Waals surface area contributed by atoms with Gasteiger partial charge in [0.25, 0.3) is 0 Å². The van der Waals surface area contributed by atoms with Crippen molar-refractivity contribution in [2.24, 2.45) is 0 Å². The summed E-state index contributed by atoms with van der Waals surface area (Å²) in [5.41, 5.74) is 3.42. The highest BCUT2D eigenvalue weighted by molar-refractivity contribution is 5.96. The third kappa shape index (κ3) is 3.14. The topological polar surface area (TPSA) is 51.8 Å². The molecule has 1 aromatic heterocycles. The standard InChI is InChI=1S/C21H14O3.ClH/c22-18-11-17-16(14-7-3-1-4-8-14)12-20(15-9-5-2-6-10-15)24-21(17)13-19(18)23;/h1-13H,(H-,22,23);1H. The second kappa shape index (κ2) is 6.83. The van der Waals surface area contributed by atoms with Gasteiger partial charge in [-0.15, -0.1) is 0 Å². The predicted molar refractivity (Wildman–Crippen MR) is 94.8 cm³/mol. The van der Waals surface area contributed by atoms with Gasteiger partial charge in [-0.3, -0.25) is 0 Å². The molecule has 0 atom stereocenters. The second-order valence-corrected chi connectivity index (χ2v) is 5.59. The van der Waals surface area contributed by atoms with E-state index in [1.807, 2.05) is 66.7 Å². The number of aromatic hydroxyl groups is 2. The van der Waals surface area contributed by atoms with E-state index in [0.717, 1.165) is 22.1 Å². The summed E-state index contributed by atoms with van der Waals surface area (Å²) in [7, 11) is 0. The lowest BCUT2D eigenvalue weighted by Crippen LogP contribution is -3.00. The van der Waals surface area contributed by atoms with Crippen molar-refractivity contribution < 1.29 is 27.0 Å². The number of phenols is 2. The van der Waals surface area contributed by atoms with E-state index in [1.165, 1.54) is 12.1 Å². The lowest BCUT2D eigenvalue weighted by Gasteiger charge is -2.05. The molecule has 124 valence electrons. The zero-order valence-corrected chi connectivity index (χ0v) is 13.9. The first kappa shape index (κ1) is 16.8. The van der Waals surface area contributed by atoms with E-state index in [2.05, 4.69) is 0 Å². The van der Waals surface area contributed by atoms with Crippen molar-refractivity contribution in [1.29, 1.82) is 0 Å². The minimum Gasteiger partial charge on any atom is -1.00 e. The number of phenolic OH excluding ortho intramolecular Hbond substituents is 2. The summed E-state index contributed by atoms with van der Waals surface area (Å²) in [5, 5.41) is 20.5. The van der Waals surface area contributed by atoms with Gasteiger partial charge >= 0.3 is 11.3 Å². The van der Waals surface area contributed by atoms with Crippen LogP contribution >= 0.6 is 0 Å². The number of benzene rings is 3. The number of fused-ring (bicyclic) bond motifs is 1. The van der Waals surface area contributed by atoms with Gasteiger partial charge in [0.1, 0.15) is 0 Å². The van der Waals surface area contributed by atoms with Crippen molar-refractivity contribution >= 4 is 11.0 Å². The van der Waals surface area contributed by atoms with Crippen LogP contribution in [0.4, 0.5) is 0 Å².